The van der Waals surface area contributed by atoms with E-state index in [1.165, 1.54) is 11.3 Å². The van der Waals surface area contributed by atoms with E-state index in [2.05, 4.69) is 46.0 Å². The first-order valence-electron chi connectivity index (χ1n) is 7.68. The molecule has 0 aliphatic carbocycles. The molecule has 0 amide bonds. The summed E-state index contributed by atoms with van der Waals surface area (Å²) in [5.41, 5.74) is 5.57. The Morgan fingerprint density at radius 3 is 2.77 bits per heavy atom. The molecule has 0 atom stereocenters. The molecule has 0 unspecified atom stereocenters. The first-order valence-corrected chi connectivity index (χ1v) is 7.68. The number of rotatable bonds is 5. The molecule has 0 fully saturated rings. The van der Waals surface area contributed by atoms with Crippen molar-refractivity contribution in [1.29, 1.82) is 0 Å². The number of hydrogen-bond donors (Lipinski definition) is 1. The average Bonchev–Trinajstić information content (AvgIpc) is 3.05. The maximum absolute atomic E-state index is 4.57. The Morgan fingerprint density at radius 2 is 2.05 bits per heavy atom. The van der Waals surface area contributed by atoms with Crippen LogP contribution in [0.1, 0.15) is 29.6 Å². The van der Waals surface area contributed by atoms with Crippen molar-refractivity contribution in [3.63, 3.8) is 0 Å². The zero-order chi connectivity index (χ0) is 15.7. The summed E-state index contributed by atoms with van der Waals surface area (Å²) >= 11 is 0. The number of aryl methyl sites for hydroxylation is 3. The molecule has 3 heterocycles. The SMILES string of the molecule is CCn1nc(C)c(CCNc2cc(C)nc3ccnn23)c1C. The minimum absolute atomic E-state index is 0.843. The lowest BCUT2D eigenvalue weighted by molar-refractivity contribution is 0.633. The molecule has 6 nitrogen and oxygen atoms in total. The highest BCUT2D eigenvalue weighted by atomic mass is 15.3. The molecule has 0 saturated heterocycles. The Bertz CT molecular complexity index is 798. The van der Waals surface area contributed by atoms with E-state index in [9.17, 15) is 0 Å². The molecular weight excluding hydrogens is 276 g/mol. The molecule has 0 aromatic carbocycles. The lowest BCUT2D eigenvalue weighted by Crippen LogP contribution is -2.11. The van der Waals surface area contributed by atoms with Gasteiger partial charge in [-0.3, -0.25) is 4.68 Å². The van der Waals surface area contributed by atoms with Gasteiger partial charge in [0.15, 0.2) is 5.65 Å². The summed E-state index contributed by atoms with van der Waals surface area (Å²) in [5.74, 6) is 0.977. The number of aromatic nitrogens is 5. The minimum atomic E-state index is 0.843. The number of fused-ring (bicyclic) bond motifs is 1. The number of anilines is 1. The topological polar surface area (TPSA) is 60.0 Å². The maximum atomic E-state index is 4.57. The van der Waals surface area contributed by atoms with Gasteiger partial charge in [0, 0.05) is 36.6 Å². The highest BCUT2D eigenvalue weighted by molar-refractivity contribution is 5.49. The summed E-state index contributed by atoms with van der Waals surface area (Å²) in [6.45, 7) is 10.1. The fraction of sp³-hybridized carbons (Fsp3) is 0.438. The van der Waals surface area contributed by atoms with Crippen LogP contribution >= 0.6 is 0 Å². The minimum Gasteiger partial charge on any atom is -0.370 e. The highest BCUT2D eigenvalue weighted by Crippen LogP contribution is 2.15. The van der Waals surface area contributed by atoms with Crippen LogP contribution in [0.4, 0.5) is 5.82 Å². The zero-order valence-corrected chi connectivity index (χ0v) is 13.6. The fourth-order valence-electron chi connectivity index (χ4n) is 2.88. The van der Waals surface area contributed by atoms with Gasteiger partial charge in [-0.05, 0) is 39.7 Å². The summed E-state index contributed by atoms with van der Waals surface area (Å²) in [4.78, 5) is 4.45. The lowest BCUT2D eigenvalue weighted by Gasteiger charge is -2.09. The van der Waals surface area contributed by atoms with E-state index >= 15 is 0 Å². The van der Waals surface area contributed by atoms with Crippen molar-refractivity contribution < 1.29 is 0 Å². The molecule has 0 aliphatic rings. The number of hydrogen-bond acceptors (Lipinski definition) is 4. The fourth-order valence-corrected chi connectivity index (χ4v) is 2.88. The Hall–Kier alpha value is -2.37. The molecule has 3 rings (SSSR count). The lowest BCUT2D eigenvalue weighted by atomic mass is 10.1. The van der Waals surface area contributed by atoms with E-state index in [0.717, 1.165) is 42.4 Å². The Labute approximate surface area is 130 Å². The van der Waals surface area contributed by atoms with Crippen LogP contribution in [0.15, 0.2) is 18.3 Å². The molecule has 6 heteroatoms. The van der Waals surface area contributed by atoms with E-state index in [0.29, 0.717) is 0 Å². The molecule has 0 aliphatic heterocycles. The van der Waals surface area contributed by atoms with E-state index in [1.807, 2.05) is 23.6 Å². The van der Waals surface area contributed by atoms with Crippen LogP contribution in [0, 0.1) is 20.8 Å². The van der Waals surface area contributed by atoms with Crippen molar-refractivity contribution in [3.8, 4) is 0 Å². The second-order valence-electron chi connectivity index (χ2n) is 5.53. The normalized spacial score (nSPS) is 11.3. The summed E-state index contributed by atoms with van der Waals surface area (Å²) in [6, 6.07) is 3.94. The molecule has 116 valence electrons. The molecule has 0 spiro atoms. The summed E-state index contributed by atoms with van der Waals surface area (Å²) in [6.07, 6.45) is 2.72. The smallest absolute Gasteiger partial charge is 0.157 e. The van der Waals surface area contributed by atoms with Crippen LogP contribution in [0.2, 0.25) is 0 Å². The predicted molar refractivity (Wildman–Crippen MR) is 87.3 cm³/mol. The molecule has 3 aromatic rings. The van der Waals surface area contributed by atoms with E-state index in [-0.39, 0.29) is 0 Å². The van der Waals surface area contributed by atoms with Crippen LogP contribution in [0.25, 0.3) is 5.65 Å². The second kappa shape index (κ2) is 5.79. The third-order valence-corrected chi connectivity index (χ3v) is 4.00. The van der Waals surface area contributed by atoms with Gasteiger partial charge in [-0.1, -0.05) is 0 Å². The summed E-state index contributed by atoms with van der Waals surface area (Å²) in [5, 5.41) is 12.4. The first kappa shape index (κ1) is 14.6. The average molecular weight is 298 g/mol. The molecule has 22 heavy (non-hydrogen) atoms. The van der Waals surface area contributed by atoms with Gasteiger partial charge in [0.2, 0.25) is 0 Å². The zero-order valence-electron chi connectivity index (χ0n) is 13.6. The monoisotopic (exact) mass is 298 g/mol. The van der Waals surface area contributed by atoms with Crippen molar-refractivity contribution >= 4 is 11.5 Å². The number of nitrogens with one attached hydrogen (secondary N) is 1. The van der Waals surface area contributed by atoms with Crippen molar-refractivity contribution in [2.75, 3.05) is 11.9 Å². The van der Waals surface area contributed by atoms with Gasteiger partial charge in [-0.15, -0.1) is 0 Å². The van der Waals surface area contributed by atoms with Gasteiger partial charge in [0.05, 0.1) is 11.9 Å². The Morgan fingerprint density at radius 1 is 1.23 bits per heavy atom. The molecule has 0 bridgehead atoms. The van der Waals surface area contributed by atoms with Gasteiger partial charge in [-0.2, -0.15) is 14.7 Å². The van der Waals surface area contributed by atoms with Crippen LogP contribution in [-0.4, -0.2) is 30.9 Å². The third-order valence-electron chi connectivity index (χ3n) is 4.00. The van der Waals surface area contributed by atoms with Gasteiger partial charge in [0.1, 0.15) is 5.82 Å². The largest absolute Gasteiger partial charge is 0.370 e. The van der Waals surface area contributed by atoms with Crippen molar-refractivity contribution in [2.45, 2.75) is 40.7 Å². The van der Waals surface area contributed by atoms with Crippen molar-refractivity contribution in [3.05, 3.63) is 41.0 Å². The van der Waals surface area contributed by atoms with E-state index in [1.54, 1.807) is 6.20 Å². The van der Waals surface area contributed by atoms with E-state index in [4.69, 9.17) is 0 Å². The molecule has 1 N–H and O–H groups in total. The van der Waals surface area contributed by atoms with Crippen LogP contribution in [0.3, 0.4) is 0 Å². The van der Waals surface area contributed by atoms with Gasteiger partial charge in [0.25, 0.3) is 0 Å². The quantitative estimate of drug-likeness (QED) is 0.786. The Balaban J connectivity index is 1.75. The third kappa shape index (κ3) is 2.56. The van der Waals surface area contributed by atoms with Crippen LogP contribution < -0.4 is 5.32 Å². The molecular formula is C16H22N6. The van der Waals surface area contributed by atoms with Crippen molar-refractivity contribution in [1.82, 2.24) is 24.4 Å². The molecule has 0 radical (unpaired) electrons. The van der Waals surface area contributed by atoms with Gasteiger partial charge in [-0.25, -0.2) is 4.98 Å². The second-order valence-corrected chi connectivity index (χ2v) is 5.53. The van der Waals surface area contributed by atoms with Crippen LogP contribution in [0.5, 0.6) is 0 Å². The molecule has 3 aromatic heterocycles. The summed E-state index contributed by atoms with van der Waals surface area (Å²) in [7, 11) is 0. The Kier molecular flexibility index (Phi) is 3.83. The number of nitrogens with zero attached hydrogens (tertiary/aromatic N) is 5. The van der Waals surface area contributed by atoms with E-state index < -0.39 is 0 Å². The maximum Gasteiger partial charge on any atom is 0.157 e. The highest BCUT2D eigenvalue weighted by Gasteiger charge is 2.10. The van der Waals surface area contributed by atoms with Gasteiger partial charge >= 0.3 is 0 Å². The standard InChI is InChI=1S/C16H22N6/c1-5-21-13(4)14(12(3)20-21)6-8-17-16-10-11(2)19-15-7-9-18-22(15)16/h7,9-10,17H,5-6,8H2,1-4H3. The molecule has 0 saturated carbocycles. The predicted octanol–water partition coefficient (Wildman–Crippen LogP) is 2.53. The van der Waals surface area contributed by atoms with Gasteiger partial charge < -0.3 is 5.32 Å². The first-order chi connectivity index (χ1) is 10.6. The van der Waals surface area contributed by atoms with Crippen LogP contribution in [-0.2, 0) is 13.0 Å². The van der Waals surface area contributed by atoms with Crippen molar-refractivity contribution in [2.24, 2.45) is 0 Å². The summed E-state index contributed by atoms with van der Waals surface area (Å²) < 4.78 is 3.90.